The molecule has 140 valence electrons. The number of benzene rings is 1. The third-order valence-corrected chi connectivity index (χ3v) is 4.22. The number of furan rings is 1. The Hall–Kier alpha value is -4.51. The first-order valence-electron chi connectivity index (χ1n) is 8.48. The fourth-order valence-corrected chi connectivity index (χ4v) is 2.81. The molecular formula is C21H12N4O4. The third-order valence-electron chi connectivity index (χ3n) is 4.22. The molecule has 3 aromatic rings. The Bertz CT molecular complexity index is 1190. The Morgan fingerprint density at radius 3 is 2.55 bits per heavy atom. The van der Waals surface area contributed by atoms with Gasteiger partial charge >= 0.3 is 6.03 Å². The van der Waals surface area contributed by atoms with E-state index in [9.17, 15) is 14.4 Å². The Morgan fingerprint density at radius 2 is 1.86 bits per heavy atom. The van der Waals surface area contributed by atoms with E-state index < -0.39 is 17.8 Å². The molecule has 8 heteroatoms. The minimum Gasteiger partial charge on any atom is -0.457 e. The number of hydrogen-bond acceptors (Lipinski definition) is 6. The first-order valence-corrected chi connectivity index (χ1v) is 8.48. The number of nitrogens with zero attached hydrogens (tertiary/aromatic N) is 3. The van der Waals surface area contributed by atoms with E-state index >= 15 is 0 Å². The highest BCUT2D eigenvalue weighted by Crippen LogP contribution is 2.25. The summed E-state index contributed by atoms with van der Waals surface area (Å²) in [6.45, 7) is 0. The predicted octanol–water partition coefficient (Wildman–Crippen LogP) is 2.88. The Balaban J connectivity index is 1.65. The van der Waals surface area contributed by atoms with Crippen LogP contribution in [0.5, 0.6) is 0 Å². The van der Waals surface area contributed by atoms with Crippen molar-refractivity contribution in [2.24, 2.45) is 0 Å². The zero-order valence-electron chi connectivity index (χ0n) is 14.8. The van der Waals surface area contributed by atoms with E-state index in [0.717, 1.165) is 10.5 Å². The zero-order chi connectivity index (χ0) is 20.4. The summed E-state index contributed by atoms with van der Waals surface area (Å²) < 4.78 is 5.70. The van der Waals surface area contributed by atoms with Gasteiger partial charge in [0.1, 0.15) is 17.1 Å². The largest absolute Gasteiger partial charge is 0.457 e. The maximum Gasteiger partial charge on any atom is 0.336 e. The molecule has 8 nitrogen and oxygen atoms in total. The van der Waals surface area contributed by atoms with Gasteiger partial charge in [-0.3, -0.25) is 19.9 Å². The number of amides is 4. The lowest BCUT2D eigenvalue weighted by Gasteiger charge is -2.25. The van der Waals surface area contributed by atoms with Crippen LogP contribution in [0.3, 0.4) is 0 Å². The molecule has 0 unspecified atom stereocenters. The van der Waals surface area contributed by atoms with Crippen LogP contribution in [0.4, 0.5) is 10.5 Å². The highest BCUT2D eigenvalue weighted by molar-refractivity contribution is 6.39. The van der Waals surface area contributed by atoms with Gasteiger partial charge in [0.05, 0.1) is 23.5 Å². The van der Waals surface area contributed by atoms with Gasteiger partial charge in [0.2, 0.25) is 0 Å². The molecule has 2 aromatic heterocycles. The van der Waals surface area contributed by atoms with Gasteiger partial charge in [-0.2, -0.15) is 5.26 Å². The number of nitriles is 1. The van der Waals surface area contributed by atoms with Gasteiger partial charge in [-0.15, -0.1) is 0 Å². The number of aromatic nitrogens is 1. The van der Waals surface area contributed by atoms with Crippen molar-refractivity contribution in [2.45, 2.75) is 0 Å². The highest BCUT2D eigenvalue weighted by atomic mass is 16.3. The lowest BCUT2D eigenvalue weighted by molar-refractivity contribution is -0.122. The lowest BCUT2D eigenvalue weighted by atomic mass is 10.1. The van der Waals surface area contributed by atoms with Gasteiger partial charge in [-0.1, -0.05) is 0 Å². The second-order valence-electron chi connectivity index (χ2n) is 6.06. The molecule has 0 aliphatic carbocycles. The molecule has 3 heterocycles. The van der Waals surface area contributed by atoms with E-state index in [1.165, 1.54) is 24.5 Å². The fourth-order valence-electron chi connectivity index (χ4n) is 2.81. The molecule has 1 aliphatic rings. The highest BCUT2D eigenvalue weighted by Gasteiger charge is 2.37. The van der Waals surface area contributed by atoms with E-state index in [0.29, 0.717) is 11.3 Å². The Morgan fingerprint density at radius 1 is 1.07 bits per heavy atom. The topological polar surface area (TPSA) is 116 Å². The SMILES string of the molecule is N#Cc1ccc(-c2ccc(C=C3C(=O)NC(=O)N(c4cccnc4)C3=O)o2)cc1. The number of urea groups is 1. The second-order valence-corrected chi connectivity index (χ2v) is 6.06. The van der Waals surface area contributed by atoms with Crippen molar-refractivity contribution in [1.29, 1.82) is 5.26 Å². The van der Waals surface area contributed by atoms with Gasteiger partial charge in [-0.05, 0) is 54.6 Å². The average molecular weight is 384 g/mol. The number of pyridine rings is 1. The van der Waals surface area contributed by atoms with Crippen molar-refractivity contribution in [3.63, 3.8) is 0 Å². The lowest BCUT2D eigenvalue weighted by Crippen LogP contribution is -2.54. The Labute approximate surface area is 164 Å². The van der Waals surface area contributed by atoms with E-state index in [4.69, 9.17) is 9.68 Å². The van der Waals surface area contributed by atoms with Crippen molar-refractivity contribution < 1.29 is 18.8 Å². The van der Waals surface area contributed by atoms with Crippen LogP contribution < -0.4 is 10.2 Å². The summed E-state index contributed by atoms with van der Waals surface area (Å²) in [6, 6.07) is 14.4. The summed E-state index contributed by atoms with van der Waals surface area (Å²) in [4.78, 5) is 41.8. The summed E-state index contributed by atoms with van der Waals surface area (Å²) in [6.07, 6.45) is 4.13. The van der Waals surface area contributed by atoms with E-state index in [2.05, 4.69) is 10.3 Å². The number of rotatable bonds is 3. The van der Waals surface area contributed by atoms with Gasteiger partial charge in [0.25, 0.3) is 11.8 Å². The van der Waals surface area contributed by atoms with Crippen LogP contribution in [0, 0.1) is 11.3 Å². The Kier molecular flexibility index (Phi) is 4.47. The monoisotopic (exact) mass is 384 g/mol. The number of imide groups is 2. The maximum absolute atomic E-state index is 12.8. The molecule has 29 heavy (non-hydrogen) atoms. The van der Waals surface area contributed by atoms with Gasteiger partial charge in [-0.25, -0.2) is 9.69 Å². The van der Waals surface area contributed by atoms with Crippen LogP contribution in [0.25, 0.3) is 17.4 Å². The molecule has 1 aromatic carbocycles. The summed E-state index contributed by atoms with van der Waals surface area (Å²) in [5.74, 6) is -0.812. The van der Waals surface area contributed by atoms with Crippen LogP contribution in [0.15, 0.2) is 70.9 Å². The number of hydrogen-bond donors (Lipinski definition) is 1. The second kappa shape index (κ2) is 7.25. The first-order chi connectivity index (χ1) is 14.1. The van der Waals surface area contributed by atoms with E-state index in [1.54, 1.807) is 42.5 Å². The van der Waals surface area contributed by atoms with Crippen molar-refractivity contribution in [3.8, 4) is 17.4 Å². The molecule has 4 amide bonds. The summed E-state index contributed by atoms with van der Waals surface area (Å²) in [7, 11) is 0. The number of carbonyl (C=O) groups excluding carboxylic acids is 3. The van der Waals surface area contributed by atoms with Crippen molar-refractivity contribution in [2.75, 3.05) is 4.90 Å². The number of nitrogens with one attached hydrogen (secondary N) is 1. The number of carbonyl (C=O) groups is 3. The minimum atomic E-state index is -0.845. The molecule has 1 aliphatic heterocycles. The molecule has 1 fully saturated rings. The summed E-state index contributed by atoms with van der Waals surface area (Å²) >= 11 is 0. The van der Waals surface area contributed by atoms with Crippen LogP contribution in [0.2, 0.25) is 0 Å². The standard InChI is InChI=1S/C21H12N4O4/c22-11-13-3-5-14(6-4-13)18-8-7-16(29-18)10-17-19(26)24-21(28)25(20(17)27)15-2-1-9-23-12-15/h1-10,12H,(H,24,26,28). The number of anilines is 1. The average Bonchev–Trinajstić information content (AvgIpc) is 3.20. The van der Waals surface area contributed by atoms with Crippen molar-refractivity contribution in [1.82, 2.24) is 10.3 Å². The van der Waals surface area contributed by atoms with Gasteiger partial charge in [0, 0.05) is 11.8 Å². The molecule has 0 radical (unpaired) electrons. The minimum absolute atomic E-state index is 0.241. The van der Waals surface area contributed by atoms with Crippen LogP contribution in [0.1, 0.15) is 11.3 Å². The molecule has 0 atom stereocenters. The van der Waals surface area contributed by atoms with E-state index in [1.807, 2.05) is 6.07 Å². The van der Waals surface area contributed by atoms with Crippen molar-refractivity contribution >= 4 is 29.6 Å². The predicted molar refractivity (Wildman–Crippen MR) is 102 cm³/mol. The van der Waals surface area contributed by atoms with Crippen LogP contribution in [-0.4, -0.2) is 22.8 Å². The molecule has 4 rings (SSSR count). The first kappa shape index (κ1) is 17.9. The summed E-state index contributed by atoms with van der Waals surface area (Å²) in [5.41, 5.74) is 1.26. The molecule has 0 spiro atoms. The fraction of sp³-hybridized carbons (Fsp3) is 0. The summed E-state index contributed by atoms with van der Waals surface area (Å²) in [5, 5.41) is 11.0. The molecule has 0 bridgehead atoms. The molecular weight excluding hydrogens is 372 g/mol. The quantitative estimate of drug-likeness (QED) is 0.548. The molecule has 1 N–H and O–H groups in total. The van der Waals surface area contributed by atoms with Crippen LogP contribution >= 0.6 is 0 Å². The molecule has 1 saturated heterocycles. The smallest absolute Gasteiger partial charge is 0.336 e. The van der Waals surface area contributed by atoms with Crippen LogP contribution in [-0.2, 0) is 9.59 Å². The van der Waals surface area contributed by atoms with E-state index in [-0.39, 0.29) is 17.0 Å². The normalized spacial score (nSPS) is 15.3. The van der Waals surface area contributed by atoms with Gasteiger partial charge < -0.3 is 4.42 Å². The van der Waals surface area contributed by atoms with Crippen molar-refractivity contribution in [3.05, 3.63) is 77.8 Å². The van der Waals surface area contributed by atoms with Gasteiger partial charge in [0.15, 0.2) is 0 Å². The molecule has 0 saturated carbocycles. The maximum atomic E-state index is 12.8. The number of barbiturate groups is 1. The zero-order valence-corrected chi connectivity index (χ0v) is 14.8. The third kappa shape index (κ3) is 3.40.